The molecule has 1 aromatic heterocycles. The van der Waals surface area contributed by atoms with Crippen molar-refractivity contribution in [2.75, 3.05) is 13.1 Å². The lowest BCUT2D eigenvalue weighted by atomic mass is 9.94. The number of H-pyrrole nitrogens is 1. The fraction of sp³-hybridized carbons (Fsp3) is 0.458. The van der Waals surface area contributed by atoms with Gasteiger partial charge in [-0.25, -0.2) is 0 Å². The van der Waals surface area contributed by atoms with Gasteiger partial charge in [-0.2, -0.15) is 0 Å². The topological polar surface area (TPSA) is 91.5 Å². The van der Waals surface area contributed by atoms with Crippen LogP contribution in [0.1, 0.15) is 74.7 Å². The first kappa shape index (κ1) is 21.3. The van der Waals surface area contributed by atoms with E-state index in [1.54, 1.807) is 12.1 Å². The quantitative estimate of drug-likeness (QED) is 0.791. The minimum absolute atomic E-state index is 0.00477. The predicted octanol–water partition coefficient (Wildman–Crippen LogP) is 3.02. The highest BCUT2D eigenvalue weighted by Gasteiger charge is 2.27. The van der Waals surface area contributed by atoms with Crippen LogP contribution in [0.5, 0.6) is 0 Å². The lowest BCUT2D eigenvalue weighted by Gasteiger charge is -2.35. The van der Waals surface area contributed by atoms with Crippen LogP contribution in [0.4, 0.5) is 0 Å². The van der Waals surface area contributed by atoms with Gasteiger partial charge >= 0.3 is 0 Å². The lowest BCUT2D eigenvalue weighted by Crippen LogP contribution is -2.48. The molecule has 1 aliphatic heterocycles. The Morgan fingerprint density at radius 2 is 1.81 bits per heavy atom. The third kappa shape index (κ3) is 4.42. The van der Waals surface area contributed by atoms with Gasteiger partial charge in [-0.3, -0.25) is 14.4 Å². The van der Waals surface area contributed by atoms with E-state index in [9.17, 15) is 14.4 Å². The summed E-state index contributed by atoms with van der Waals surface area (Å²) in [5.41, 5.74) is 4.27. The third-order valence-corrected chi connectivity index (χ3v) is 6.02. The van der Waals surface area contributed by atoms with Crippen molar-refractivity contribution in [3.63, 3.8) is 0 Å². The standard InChI is InChI=1S/C24H29N3O4/c1-14-12-27(13-15(2)31-14)24(30)18-9-7-17(8-10-18)11-25-23(29)22-16(3)21-19(26-22)5-4-6-20(21)28/h7-10,14-15,26H,4-6,11-13H2,1-3H3,(H,25,29). The van der Waals surface area contributed by atoms with Crippen LogP contribution in [0.2, 0.25) is 0 Å². The van der Waals surface area contributed by atoms with Crippen molar-refractivity contribution in [1.82, 2.24) is 15.2 Å². The predicted molar refractivity (Wildman–Crippen MR) is 116 cm³/mol. The molecule has 2 atom stereocenters. The van der Waals surface area contributed by atoms with Crippen LogP contribution in [0.3, 0.4) is 0 Å². The van der Waals surface area contributed by atoms with Crippen molar-refractivity contribution in [1.29, 1.82) is 0 Å². The van der Waals surface area contributed by atoms with Gasteiger partial charge in [0.05, 0.1) is 12.2 Å². The number of carbonyl (C=O) groups excluding carboxylic acids is 3. The molecule has 4 rings (SSSR count). The number of nitrogens with one attached hydrogen (secondary N) is 2. The molecule has 2 unspecified atom stereocenters. The number of ketones is 1. The smallest absolute Gasteiger partial charge is 0.268 e. The lowest BCUT2D eigenvalue weighted by molar-refractivity contribution is -0.0586. The Kier molecular flexibility index (Phi) is 5.96. The Bertz CT molecular complexity index is 999. The van der Waals surface area contributed by atoms with Crippen molar-refractivity contribution in [2.45, 2.75) is 58.8 Å². The molecule has 0 bridgehead atoms. The maximum atomic E-state index is 12.8. The maximum absolute atomic E-state index is 12.8. The van der Waals surface area contributed by atoms with Crippen LogP contribution in [-0.4, -0.2) is 52.8 Å². The summed E-state index contributed by atoms with van der Waals surface area (Å²) in [6.45, 7) is 7.28. The molecule has 2 aliphatic rings. The van der Waals surface area contributed by atoms with E-state index in [4.69, 9.17) is 4.74 Å². The zero-order valence-electron chi connectivity index (χ0n) is 18.3. The molecule has 164 valence electrons. The average molecular weight is 424 g/mol. The van der Waals surface area contributed by atoms with Gasteiger partial charge in [0.25, 0.3) is 11.8 Å². The van der Waals surface area contributed by atoms with Crippen LogP contribution >= 0.6 is 0 Å². The zero-order chi connectivity index (χ0) is 22.1. The monoisotopic (exact) mass is 423 g/mol. The Labute approximate surface area is 182 Å². The summed E-state index contributed by atoms with van der Waals surface area (Å²) >= 11 is 0. The second-order valence-corrected chi connectivity index (χ2v) is 8.60. The molecule has 1 saturated heterocycles. The van der Waals surface area contributed by atoms with E-state index in [1.807, 2.05) is 37.8 Å². The van der Waals surface area contributed by atoms with Gasteiger partial charge in [-0.05, 0) is 56.9 Å². The van der Waals surface area contributed by atoms with Gasteiger partial charge < -0.3 is 19.9 Å². The highest BCUT2D eigenvalue weighted by molar-refractivity contribution is 6.04. The largest absolute Gasteiger partial charge is 0.372 e. The molecule has 2 N–H and O–H groups in total. The van der Waals surface area contributed by atoms with E-state index in [0.717, 1.165) is 29.7 Å². The molecule has 7 nitrogen and oxygen atoms in total. The molecule has 0 radical (unpaired) electrons. The number of fused-ring (bicyclic) bond motifs is 1. The minimum Gasteiger partial charge on any atom is -0.372 e. The number of rotatable bonds is 4. The second-order valence-electron chi connectivity index (χ2n) is 8.60. The first-order chi connectivity index (χ1) is 14.8. The zero-order valence-corrected chi connectivity index (χ0v) is 18.3. The van der Waals surface area contributed by atoms with Gasteiger partial charge in [0.15, 0.2) is 5.78 Å². The Morgan fingerprint density at radius 1 is 1.13 bits per heavy atom. The fourth-order valence-electron chi connectivity index (χ4n) is 4.56. The Hall–Kier alpha value is -2.93. The number of amides is 2. The SMILES string of the molecule is Cc1c(C(=O)NCc2ccc(C(=O)N3CC(C)OC(C)C3)cc2)[nH]c2c1C(=O)CCC2. The number of hydrogen-bond donors (Lipinski definition) is 2. The van der Waals surface area contributed by atoms with Crippen LogP contribution in [0.25, 0.3) is 0 Å². The summed E-state index contributed by atoms with van der Waals surface area (Å²) in [6, 6.07) is 7.31. The fourth-order valence-corrected chi connectivity index (χ4v) is 4.56. The van der Waals surface area contributed by atoms with Crippen molar-refractivity contribution < 1.29 is 19.1 Å². The molecule has 2 heterocycles. The van der Waals surface area contributed by atoms with Crippen LogP contribution in [0, 0.1) is 6.92 Å². The number of aryl methyl sites for hydroxylation is 1. The van der Waals surface area contributed by atoms with Crippen molar-refractivity contribution >= 4 is 17.6 Å². The molecule has 0 saturated carbocycles. The second kappa shape index (κ2) is 8.67. The van der Waals surface area contributed by atoms with Gasteiger partial charge in [0, 0.05) is 42.9 Å². The van der Waals surface area contributed by atoms with E-state index in [2.05, 4.69) is 10.3 Å². The molecular formula is C24H29N3O4. The Morgan fingerprint density at radius 3 is 2.45 bits per heavy atom. The van der Waals surface area contributed by atoms with Gasteiger partial charge in [0.2, 0.25) is 0 Å². The van der Waals surface area contributed by atoms with Gasteiger partial charge in [-0.15, -0.1) is 0 Å². The molecule has 2 amide bonds. The molecular weight excluding hydrogens is 394 g/mol. The van der Waals surface area contributed by atoms with Crippen LogP contribution < -0.4 is 5.32 Å². The highest BCUT2D eigenvalue weighted by Crippen LogP contribution is 2.26. The van der Waals surface area contributed by atoms with Gasteiger partial charge in [0.1, 0.15) is 5.69 Å². The first-order valence-corrected chi connectivity index (χ1v) is 10.9. The maximum Gasteiger partial charge on any atom is 0.268 e. The molecule has 31 heavy (non-hydrogen) atoms. The van der Waals surface area contributed by atoms with Gasteiger partial charge in [-0.1, -0.05) is 12.1 Å². The number of morpholine rings is 1. The minimum atomic E-state index is -0.226. The number of benzene rings is 1. The van der Waals surface area contributed by atoms with Crippen molar-refractivity contribution in [3.05, 3.63) is 57.9 Å². The third-order valence-electron chi connectivity index (χ3n) is 6.02. The number of carbonyl (C=O) groups is 3. The summed E-state index contributed by atoms with van der Waals surface area (Å²) in [5.74, 6) is -0.121. The molecule has 1 aromatic carbocycles. The summed E-state index contributed by atoms with van der Waals surface area (Å²) < 4.78 is 5.70. The van der Waals surface area contributed by atoms with Crippen LogP contribution in [0.15, 0.2) is 24.3 Å². The van der Waals surface area contributed by atoms with E-state index in [0.29, 0.717) is 42.9 Å². The van der Waals surface area contributed by atoms with E-state index in [-0.39, 0.29) is 29.8 Å². The number of hydrogen-bond acceptors (Lipinski definition) is 4. The van der Waals surface area contributed by atoms with Crippen molar-refractivity contribution in [3.8, 4) is 0 Å². The van der Waals surface area contributed by atoms with E-state index < -0.39 is 0 Å². The first-order valence-electron chi connectivity index (χ1n) is 10.9. The molecule has 1 aliphatic carbocycles. The number of Topliss-reactive ketones (excluding diaryl/α,β-unsaturated/α-hetero) is 1. The summed E-state index contributed by atoms with van der Waals surface area (Å²) in [4.78, 5) is 42.6. The average Bonchev–Trinajstić information content (AvgIpc) is 3.09. The molecule has 0 spiro atoms. The normalized spacial score (nSPS) is 21.0. The molecule has 1 fully saturated rings. The highest BCUT2D eigenvalue weighted by atomic mass is 16.5. The van der Waals surface area contributed by atoms with Crippen molar-refractivity contribution in [2.24, 2.45) is 0 Å². The van der Waals surface area contributed by atoms with E-state index in [1.165, 1.54) is 0 Å². The summed E-state index contributed by atoms with van der Waals surface area (Å²) in [5, 5.41) is 2.91. The molecule has 2 aromatic rings. The summed E-state index contributed by atoms with van der Waals surface area (Å²) in [6.07, 6.45) is 2.21. The number of ether oxygens (including phenoxy) is 1. The van der Waals surface area contributed by atoms with E-state index >= 15 is 0 Å². The van der Waals surface area contributed by atoms with Crippen LogP contribution in [-0.2, 0) is 17.7 Å². The Balaban J connectivity index is 1.38. The number of aromatic amines is 1. The number of aromatic nitrogens is 1. The molecule has 7 heteroatoms. The summed E-state index contributed by atoms with van der Waals surface area (Å²) in [7, 11) is 0. The number of nitrogens with zero attached hydrogens (tertiary/aromatic N) is 1.